The first-order chi connectivity index (χ1) is 13.4. The van der Waals surface area contributed by atoms with Crippen molar-refractivity contribution in [3.05, 3.63) is 64.7 Å². The fraction of sp³-hybridized carbons (Fsp3) is 0.167. The lowest BCUT2D eigenvalue weighted by Crippen LogP contribution is -2.36. The zero-order valence-electron chi connectivity index (χ0n) is 14.5. The Morgan fingerprint density at radius 2 is 1.75 bits per heavy atom. The van der Waals surface area contributed by atoms with Gasteiger partial charge in [-0.25, -0.2) is 0 Å². The molecule has 1 saturated heterocycles. The van der Waals surface area contributed by atoms with Crippen LogP contribution in [-0.2, 0) is 9.59 Å². The van der Waals surface area contributed by atoms with Crippen LogP contribution in [0.1, 0.15) is 6.42 Å². The van der Waals surface area contributed by atoms with Crippen LogP contribution in [0.2, 0.25) is 0 Å². The number of nitrogens with zero attached hydrogens (tertiary/aromatic N) is 2. The van der Waals surface area contributed by atoms with Gasteiger partial charge in [-0.2, -0.15) is 0 Å². The van der Waals surface area contributed by atoms with E-state index in [-0.39, 0.29) is 24.7 Å². The minimum absolute atomic E-state index is 0.0566. The molecule has 2 aromatic rings. The summed E-state index contributed by atoms with van der Waals surface area (Å²) in [6.07, 6.45) is -0.113. The number of amides is 3. The van der Waals surface area contributed by atoms with Crippen LogP contribution in [0, 0.1) is 10.1 Å². The average molecular weight is 400 g/mol. The van der Waals surface area contributed by atoms with Crippen molar-refractivity contribution in [3.8, 4) is 0 Å². The minimum atomic E-state index is -0.783. The Balaban J connectivity index is 1.54. The Morgan fingerprint density at radius 3 is 2.39 bits per heavy atom. The molecule has 3 amide bonds. The van der Waals surface area contributed by atoms with Gasteiger partial charge < -0.3 is 10.6 Å². The van der Waals surface area contributed by atoms with Crippen LogP contribution in [0.25, 0.3) is 0 Å². The van der Waals surface area contributed by atoms with E-state index in [1.807, 2.05) is 6.07 Å². The third-order valence-corrected chi connectivity index (χ3v) is 5.03. The standard InChI is InChI=1S/C18H16N4O5S/c23-16(20-13-4-2-1-3-5-13)10-15-17(24)21(18(25)28-15)11-19-12-6-8-14(9-7-12)22(26)27/h1-9,15,19H,10-11H2,(H,20,23). The molecule has 2 N–H and O–H groups in total. The molecule has 3 rings (SSSR count). The highest BCUT2D eigenvalue weighted by Gasteiger charge is 2.40. The molecule has 0 radical (unpaired) electrons. The number of benzene rings is 2. The lowest BCUT2D eigenvalue weighted by Gasteiger charge is -2.15. The second-order valence-electron chi connectivity index (χ2n) is 5.90. The monoisotopic (exact) mass is 400 g/mol. The van der Waals surface area contributed by atoms with E-state index in [0.29, 0.717) is 11.4 Å². The number of anilines is 2. The van der Waals surface area contributed by atoms with E-state index in [1.165, 1.54) is 24.3 Å². The summed E-state index contributed by atoms with van der Waals surface area (Å²) in [6, 6.07) is 14.5. The maximum Gasteiger partial charge on any atom is 0.290 e. The third kappa shape index (κ3) is 4.65. The van der Waals surface area contributed by atoms with Crippen molar-refractivity contribution in [3.63, 3.8) is 0 Å². The van der Waals surface area contributed by atoms with E-state index < -0.39 is 21.3 Å². The van der Waals surface area contributed by atoms with Crippen LogP contribution in [-0.4, -0.2) is 38.8 Å². The van der Waals surface area contributed by atoms with Crippen molar-refractivity contribution in [2.24, 2.45) is 0 Å². The molecule has 1 aliphatic rings. The van der Waals surface area contributed by atoms with Crippen LogP contribution < -0.4 is 10.6 Å². The zero-order chi connectivity index (χ0) is 20.1. The van der Waals surface area contributed by atoms with Gasteiger partial charge in [0.25, 0.3) is 10.9 Å². The van der Waals surface area contributed by atoms with E-state index in [1.54, 1.807) is 24.3 Å². The molecule has 2 aromatic carbocycles. The maximum atomic E-state index is 12.4. The molecule has 28 heavy (non-hydrogen) atoms. The predicted octanol–water partition coefficient (Wildman–Crippen LogP) is 3.06. The highest BCUT2D eigenvalue weighted by Crippen LogP contribution is 2.29. The number of nitro groups is 1. The van der Waals surface area contributed by atoms with Crippen LogP contribution >= 0.6 is 11.8 Å². The summed E-state index contributed by atoms with van der Waals surface area (Å²) in [6.45, 7) is -0.0840. The van der Waals surface area contributed by atoms with E-state index in [4.69, 9.17) is 0 Å². The third-order valence-electron chi connectivity index (χ3n) is 3.95. The number of nitrogens with one attached hydrogen (secondary N) is 2. The van der Waals surface area contributed by atoms with E-state index in [2.05, 4.69) is 10.6 Å². The highest BCUT2D eigenvalue weighted by molar-refractivity contribution is 8.15. The van der Waals surface area contributed by atoms with Crippen molar-refractivity contribution < 1.29 is 19.3 Å². The number of carbonyl (C=O) groups excluding carboxylic acids is 3. The zero-order valence-corrected chi connectivity index (χ0v) is 15.3. The Labute approximate surface area is 164 Å². The molecular formula is C18H16N4O5S. The molecule has 0 bridgehead atoms. The quantitative estimate of drug-likeness (QED) is 0.541. The van der Waals surface area contributed by atoms with Crippen LogP contribution in [0.15, 0.2) is 54.6 Å². The molecule has 1 atom stereocenters. The van der Waals surface area contributed by atoms with Gasteiger partial charge in [-0.05, 0) is 24.3 Å². The van der Waals surface area contributed by atoms with Gasteiger partial charge in [0.15, 0.2) is 0 Å². The average Bonchev–Trinajstić information content (AvgIpc) is 2.94. The summed E-state index contributed by atoms with van der Waals surface area (Å²) in [5, 5.41) is 15.0. The highest BCUT2D eigenvalue weighted by atomic mass is 32.2. The van der Waals surface area contributed by atoms with Crippen LogP contribution in [0.5, 0.6) is 0 Å². The molecule has 1 aliphatic heterocycles. The molecular weight excluding hydrogens is 384 g/mol. The van der Waals surface area contributed by atoms with Gasteiger partial charge in [-0.15, -0.1) is 0 Å². The number of imide groups is 1. The Hall–Kier alpha value is -3.40. The Morgan fingerprint density at radius 1 is 1.07 bits per heavy atom. The topological polar surface area (TPSA) is 122 Å². The molecule has 0 aliphatic carbocycles. The van der Waals surface area contributed by atoms with Gasteiger partial charge >= 0.3 is 0 Å². The summed E-state index contributed by atoms with van der Waals surface area (Å²) >= 11 is 0.809. The summed E-state index contributed by atoms with van der Waals surface area (Å²) in [4.78, 5) is 47.8. The van der Waals surface area contributed by atoms with Gasteiger partial charge in [-0.1, -0.05) is 30.0 Å². The molecule has 0 aromatic heterocycles. The van der Waals surface area contributed by atoms with Crippen molar-refractivity contribution in [2.75, 3.05) is 17.3 Å². The minimum Gasteiger partial charge on any atom is -0.367 e. The molecule has 1 unspecified atom stereocenters. The fourth-order valence-electron chi connectivity index (χ4n) is 2.54. The number of para-hydroxylation sites is 1. The predicted molar refractivity (Wildman–Crippen MR) is 105 cm³/mol. The van der Waals surface area contributed by atoms with E-state index >= 15 is 0 Å². The largest absolute Gasteiger partial charge is 0.367 e. The lowest BCUT2D eigenvalue weighted by molar-refractivity contribution is -0.384. The Kier molecular flexibility index (Phi) is 5.90. The summed E-state index contributed by atoms with van der Waals surface area (Å²) in [5.74, 6) is -0.803. The van der Waals surface area contributed by atoms with E-state index in [0.717, 1.165) is 16.7 Å². The lowest BCUT2D eigenvalue weighted by atomic mass is 10.2. The van der Waals surface area contributed by atoms with Crippen LogP contribution in [0.4, 0.5) is 21.9 Å². The molecule has 0 spiro atoms. The fourth-order valence-corrected chi connectivity index (χ4v) is 3.53. The molecule has 1 heterocycles. The van der Waals surface area contributed by atoms with Gasteiger partial charge in [0.2, 0.25) is 11.8 Å². The molecule has 9 nitrogen and oxygen atoms in total. The van der Waals surface area contributed by atoms with Gasteiger partial charge in [0, 0.05) is 29.9 Å². The van der Waals surface area contributed by atoms with Crippen molar-refractivity contribution in [1.29, 1.82) is 0 Å². The normalized spacial score (nSPS) is 16.1. The number of nitro benzene ring substituents is 1. The van der Waals surface area contributed by atoms with Gasteiger partial charge in [0.05, 0.1) is 11.6 Å². The van der Waals surface area contributed by atoms with Crippen molar-refractivity contribution in [2.45, 2.75) is 11.7 Å². The number of non-ortho nitro benzene ring substituents is 1. The second-order valence-corrected chi connectivity index (χ2v) is 7.05. The first-order valence-corrected chi connectivity index (χ1v) is 9.17. The summed E-state index contributed by atoms with van der Waals surface area (Å²) in [5.41, 5.74) is 1.09. The number of thioether (sulfide) groups is 1. The number of rotatable bonds is 7. The van der Waals surface area contributed by atoms with Crippen molar-refractivity contribution >= 4 is 45.9 Å². The number of carbonyl (C=O) groups is 3. The molecule has 1 fully saturated rings. The van der Waals surface area contributed by atoms with E-state index in [9.17, 15) is 24.5 Å². The molecule has 0 saturated carbocycles. The van der Waals surface area contributed by atoms with Crippen LogP contribution in [0.3, 0.4) is 0 Å². The Bertz CT molecular complexity index is 904. The summed E-state index contributed by atoms with van der Waals surface area (Å²) < 4.78 is 0. The SMILES string of the molecule is O=C(CC1SC(=O)N(CNc2ccc([N+](=O)[O-])cc2)C1=O)Nc1ccccc1. The summed E-state index contributed by atoms with van der Waals surface area (Å²) in [7, 11) is 0. The van der Waals surface area contributed by atoms with Gasteiger partial charge in [-0.3, -0.25) is 29.4 Å². The first-order valence-electron chi connectivity index (χ1n) is 8.29. The van der Waals surface area contributed by atoms with Gasteiger partial charge in [0.1, 0.15) is 5.25 Å². The second kappa shape index (κ2) is 8.53. The smallest absolute Gasteiger partial charge is 0.290 e. The van der Waals surface area contributed by atoms with Crippen molar-refractivity contribution in [1.82, 2.24) is 4.90 Å². The first kappa shape index (κ1) is 19.4. The molecule has 144 valence electrons. The maximum absolute atomic E-state index is 12.4. The number of hydrogen-bond donors (Lipinski definition) is 2. The molecule has 10 heteroatoms. The number of hydrogen-bond acceptors (Lipinski definition) is 7.